The van der Waals surface area contributed by atoms with Crippen LogP contribution in [0.25, 0.3) is 0 Å². The van der Waals surface area contributed by atoms with Crippen LogP contribution >= 0.6 is 34.7 Å². The summed E-state index contributed by atoms with van der Waals surface area (Å²) < 4.78 is 0.911. The quantitative estimate of drug-likeness (QED) is 0.833. The Kier molecular flexibility index (Phi) is 6.36. The molecule has 1 unspecified atom stereocenters. The Morgan fingerprint density at radius 3 is 2.78 bits per heavy atom. The largest absolute Gasteiger partial charge is 0.314 e. The van der Waals surface area contributed by atoms with Crippen molar-refractivity contribution >= 4 is 34.7 Å². The standard InChI is InChI=1S/C14H22ClNS2/c1-2-16-12(9-11-5-7-17-8-6-11)10-13-3-4-14(15)18-13/h3-4,11-12,16H,2,5-10H2,1H3. The highest BCUT2D eigenvalue weighted by Crippen LogP contribution is 2.28. The van der Waals surface area contributed by atoms with E-state index in [1.165, 1.54) is 35.6 Å². The lowest BCUT2D eigenvalue weighted by Gasteiger charge is -2.26. The monoisotopic (exact) mass is 303 g/mol. The van der Waals surface area contributed by atoms with E-state index in [0.717, 1.165) is 23.2 Å². The second kappa shape index (κ2) is 7.78. The van der Waals surface area contributed by atoms with E-state index in [-0.39, 0.29) is 0 Å². The fraction of sp³-hybridized carbons (Fsp3) is 0.714. The predicted molar refractivity (Wildman–Crippen MR) is 85.2 cm³/mol. The van der Waals surface area contributed by atoms with Gasteiger partial charge in [0, 0.05) is 10.9 Å². The van der Waals surface area contributed by atoms with Crippen molar-refractivity contribution in [2.75, 3.05) is 18.1 Å². The van der Waals surface area contributed by atoms with E-state index in [1.807, 2.05) is 6.07 Å². The molecule has 0 radical (unpaired) electrons. The van der Waals surface area contributed by atoms with E-state index in [0.29, 0.717) is 6.04 Å². The number of likely N-dealkylation sites (N-methyl/N-ethyl adjacent to an activating group) is 1. The van der Waals surface area contributed by atoms with Gasteiger partial charge in [-0.25, -0.2) is 0 Å². The highest BCUT2D eigenvalue weighted by molar-refractivity contribution is 7.99. The molecule has 1 aliphatic heterocycles. The van der Waals surface area contributed by atoms with Crippen LogP contribution in [0, 0.1) is 5.92 Å². The van der Waals surface area contributed by atoms with Crippen LogP contribution in [0.2, 0.25) is 4.34 Å². The van der Waals surface area contributed by atoms with E-state index in [1.54, 1.807) is 11.3 Å². The van der Waals surface area contributed by atoms with Gasteiger partial charge in [0.1, 0.15) is 0 Å². The zero-order valence-electron chi connectivity index (χ0n) is 11.0. The SMILES string of the molecule is CCNC(Cc1ccc(Cl)s1)CC1CCSCC1. The van der Waals surface area contributed by atoms with Crippen LogP contribution < -0.4 is 5.32 Å². The van der Waals surface area contributed by atoms with Crippen molar-refractivity contribution in [1.29, 1.82) is 0 Å². The van der Waals surface area contributed by atoms with Gasteiger partial charge in [-0.15, -0.1) is 11.3 Å². The van der Waals surface area contributed by atoms with Gasteiger partial charge in [0.05, 0.1) is 4.34 Å². The highest BCUT2D eigenvalue weighted by atomic mass is 35.5. The summed E-state index contributed by atoms with van der Waals surface area (Å²) in [6.45, 7) is 3.26. The molecule has 1 atom stereocenters. The molecular weight excluding hydrogens is 282 g/mol. The van der Waals surface area contributed by atoms with E-state index in [2.05, 4.69) is 30.1 Å². The van der Waals surface area contributed by atoms with E-state index in [4.69, 9.17) is 11.6 Å². The molecule has 1 aliphatic rings. The lowest BCUT2D eigenvalue weighted by molar-refractivity contribution is 0.367. The lowest BCUT2D eigenvalue weighted by Crippen LogP contribution is -2.33. The molecule has 0 spiro atoms. The minimum Gasteiger partial charge on any atom is -0.314 e. The van der Waals surface area contributed by atoms with Crippen molar-refractivity contribution in [2.24, 2.45) is 5.92 Å². The van der Waals surface area contributed by atoms with Gasteiger partial charge in [0.2, 0.25) is 0 Å². The first-order valence-electron chi connectivity index (χ1n) is 6.83. The molecule has 1 saturated heterocycles. The molecule has 2 heterocycles. The number of halogens is 1. The van der Waals surface area contributed by atoms with Crippen molar-refractivity contribution in [3.63, 3.8) is 0 Å². The molecule has 0 aromatic carbocycles. The number of hydrogen-bond donors (Lipinski definition) is 1. The number of rotatable bonds is 6. The van der Waals surface area contributed by atoms with Gasteiger partial charge in [-0.1, -0.05) is 18.5 Å². The average molecular weight is 304 g/mol. The first kappa shape index (κ1) is 14.7. The van der Waals surface area contributed by atoms with Gasteiger partial charge in [-0.3, -0.25) is 0 Å². The third-order valence-electron chi connectivity index (χ3n) is 3.53. The summed E-state index contributed by atoms with van der Waals surface area (Å²) in [6.07, 6.45) is 5.26. The summed E-state index contributed by atoms with van der Waals surface area (Å²) in [5.74, 6) is 3.63. The van der Waals surface area contributed by atoms with Crippen molar-refractivity contribution in [3.05, 3.63) is 21.3 Å². The Morgan fingerprint density at radius 1 is 1.39 bits per heavy atom. The molecule has 0 amide bonds. The van der Waals surface area contributed by atoms with Crippen LogP contribution in [0.4, 0.5) is 0 Å². The van der Waals surface area contributed by atoms with Crippen molar-refractivity contribution in [2.45, 2.75) is 38.6 Å². The number of nitrogens with one attached hydrogen (secondary N) is 1. The van der Waals surface area contributed by atoms with Gasteiger partial charge in [-0.05, 0) is 61.8 Å². The number of thioether (sulfide) groups is 1. The Hall–Kier alpha value is 0.300. The van der Waals surface area contributed by atoms with Crippen LogP contribution in [-0.4, -0.2) is 24.1 Å². The first-order valence-corrected chi connectivity index (χ1v) is 9.18. The van der Waals surface area contributed by atoms with E-state index < -0.39 is 0 Å². The molecule has 1 nitrogen and oxygen atoms in total. The molecule has 0 aliphatic carbocycles. The summed E-state index contributed by atoms with van der Waals surface area (Å²) in [5, 5.41) is 3.64. The minimum atomic E-state index is 0.623. The molecule has 1 fully saturated rings. The third-order valence-corrected chi connectivity index (χ3v) is 5.83. The van der Waals surface area contributed by atoms with Crippen LogP contribution in [0.15, 0.2) is 12.1 Å². The van der Waals surface area contributed by atoms with Crippen molar-refractivity contribution in [3.8, 4) is 0 Å². The molecule has 1 N–H and O–H groups in total. The second-order valence-electron chi connectivity index (χ2n) is 4.96. The first-order chi connectivity index (χ1) is 8.78. The van der Waals surface area contributed by atoms with Crippen LogP contribution in [0.5, 0.6) is 0 Å². The van der Waals surface area contributed by atoms with Gasteiger partial charge in [-0.2, -0.15) is 11.8 Å². The summed E-state index contributed by atoms with van der Waals surface area (Å²) >= 11 is 9.84. The summed E-state index contributed by atoms with van der Waals surface area (Å²) in [5.41, 5.74) is 0. The summed E-state index contributed by atoms with van der Waals surface area (Å²) in [6, 6.07) is 4.81. The van der Waals surface area contributed by atoms with Crippen LogP contribution in [0.3, 0.4) is 0 Å². The molecular formula is C14H22ClNS2. The number of hydrogen-bond acceptors (Lipinski definition) is 3. The Balaban J connectivity index is 1.86. The molecule has 0 bridgehead atoms. The second-order valence-corrected chi connectivity index (χ2v) is 7.98. The maximum absolute atomic E-state index is 6.01. The van der Waals surface area contributed by atoms with Crippen molar-refractivity contribution in [1.82, 2.24) is 5.32 Å². The summed E-state index contributed by atoms with van der Waals surface area (Å²) in [4.78, 5) is 1.41. The normalized spacial score (nSPS) is 19.0. The van der Waals surface area contributed by atoms with Gasteiger partial charge >= 0.3 is 0 Å². The lowest BCUT2D eigenvalue weighted by atomic mass is 9.92. The fourth-order valence-corrected chi connectivity index (χ4v) is 4.99. The molecule has 1 aromatic rings. The van der Waals surface area contributed by atoms with Gasteiger partial charge < -0.3 is 5.32 Å². The molecule has 0 saturated carbocycles. The molecule has 18 heavy (non-hydrogen) atoms. The molecule has 1 aromatic heterocycles. The zero-order valence-corrected chi connectivity index (χ0v) is 13.3. The summed E-state index contributed by atoms with van der Waals surface area (Å²) in [7, 11) is 0. The van der Waals surface area contributed by atoms with Gasteiger partial charge in [0.25, 0.3) is 0 Å². The molecule has 4 heteroatoms. The zero-order chi connectivity index (χ0) is 12.8. The average Bonchev–Trinajstić information content (AvgIpc) is 2.76. The van der Waals surface area contributed by atoms with Crippen molar-refractivity contribution < 1.29 is 0 Å². The highest BCUT2D eigenvalue weighted by Gasteiger charge is 2.19. The molecule has 2 rings (SSSR count). The third kappa shape index (κ3) is 4.76. The Bertz CT molecular complexity index is 347. The Labute approximate surface area is 124 Å². The van der Waals surface area contributed by atoms with Gasteiger partial charge in [0.15, 0.2) is 0 Å². The van der Waals surface area contributed by atoms with Crippen LogP contribution in [-0.2, 0) is 6.42 Å². The molecule has 102 valence electrons. The Morgan fingerprint density at radius 2 is 2.17 bits per heavy atom. The van der Waals surface area contributed by atoms with E-state index >= 15 is 0 Å². The maximum Gasteiger partial charge on any atom is 0.0931 e. The minimum absolute atomic E-state index is 0.623. The number of thiophene rings is 1. The fourth-order valence-electron chi connectivity index (χ4n) is 2.62. The van der Waals surface area contributed by atoms with Crippen LogP contribution in [0.1, 0.15) is 31.1 Å². The topological polar surface area (TPSA) is 12.0 Å². The smallest absolute Gasteiger partial charge is 0.0931 e. The maximum atomic E-state index is 6.01. The predicted octanol–water partition coefficient (Wildman–Crippen LogP) is 4.46. The van der Waals surface area contributed by atoms with E-state index in [9.17, 15) is 0 Å².